The van der Waals surface area contributed by atoms with Crippen molar-refractivity contribution in [2.45, 2.75) is 84.0 Å². The van der Waals surface area contributed by atoms with Gasteiger partial charge in [-0.1, -0.05) is 63.3 Å². The number of aliphatic carboxylic acids is 1. The molecular weight excluding hydrogens is 482 g/mol. The molecule has 0 rings (SSSR count). The Balaban J connectivity index is -0.000000772. The molecule has 0 saturated heterocycles. The molecule has 0 amide bonds. The van der Waals surface area contributed by atoms with Crippen molar-refractivity contribution in [1.29, 1.82) is 0 Å². The average molecular weight is 514 g/mol. The summed E-state index contributed by atoms with van der Waals surface area (Å²) in [4.78, 5) is 10.3. The molecule has 0 radical (unpaired) electrons. The fourth-order valence-corrected chi connectivity index (χ4v) is 2.09. The molecule has 0 aliphatic rings. The molecule has 0 unspecified atom stereocenters. The molecule has 8 heteroatoms. The summed E-state index contributed by atoms with van der Waals surface area (Å²) < 4.78 is 34.1. The van der Waals surface area contributed by atoms with Crippen molar-refractivity contribution in [3.8, 4) is 0 Å². The van der Waals surface area contributed by atoms with E-state index in [1.54, 1.807) is 0 Å². The first-order valence-electron chi connectivity index (χ1n) is 8.95. The molecule has 0 aliphatic carbocycles. The zero-order valence-electron chi connectivity index (χ0n) is 15.9. The molecular formula is C18H32BaO6S. The Morgan fingerprint density at radius 3 is 1.73 bits per heavy atom. The van der Waals surface area contributed by atoms with Gasteiger partial charge in [-0.25, -0.2) is 0 Å². The summed E-state index contributed by atoms with van der Waals surface area (Å²) in [5.41, 5.74) is 0. The van der Waals surface area contributed by atoms with Gasteiger partial charge < -0.3 is 14.2 Å². The summed E-state index contributed by atoms with van der Waals surface area (Å²) in [5, 5.41) is 8.50. The van der Waals surface area contributed by atoms with Crippen LogP contribution in [0.3, 0.4) is 0 Å². The van der Waals surface area contributed by atoms with Crippen molar-refractivity contribution in [1.82, 2.24) is 0 Å². The Kier molecular flexibility index (Phi) is 28.0. The van der Waals surface area contributed by atoms with Crippen LogP contribution in [0.4, 0.5) is 0 Å². The summed E-state index contributed by atoms with van der Waals surface area (Å²) >= 11 is 0. The van der Waals surface area contributed by atoms with Gasteiger partial charge in [0.2, 0.25) is 0 Å². The van der Waals surface area contributed by atoms with E-state index < -0.39 is 16.4 Å². The SMILES string of the molecule is CCCCC/C=C\C/C=C\CCCCCCCC(=O)O.O=S(=O)([O-])[O-].[Ba+2]. The minimum atomic E-state index is -5.17. The van der Waals surface area contributed by atoms with E-state index in [0.717, 1.165) is 25.7 Å². The molecule has 148 valence electrons. The first-order chi connectivity index (χ1) is 11.8. The van der Waals surface area contributed by atoms with Crippen LogP contribution in [-0.2, 0) is 15.2 Å². The molecule has 1 N–H and O–H groups in total. The predicted molar refractivity (Wildman–Crippen MR) is 103 cm³/mol. The van der Waals surface area contributed by atoms with Crippen molar-refractivity contribution in [3.63, 3.8) is 0 Å². The minimum Gasteiger partial charge on any atom is -0.759 e. The van der Waals surface area contributed by atoms with Crippen LogP contribution in [0, 0.1) is 0 Å². The summed E-state index contributed by atoms with van der Waals surface area (Å²) in [6.07, 6.45) is 22.3. The number of unbranched alkanes of at least 4 members (excludes halogenated alkanes) is 8. The number of carboxylic acids is 1. The van der Waals surface area contributed by atoms with Crippen LogP contribution >= 0.6 is 0 Å². The van der Waals surface area contributed by atoms with E-state index in [-0.39, 0.29) is 48.9 Å². The predicted octanol–water partition coefficient (Wildman–Crippen LogP) is 4.17. The maximum atomic E-state index is 10.3. The second-order valence-electron chi connectivity index (χ2n) is 5.78. The summed E-state index contributed by atoms with van der Waals surface area (Å²) in [6, 6.07) is 0. The van der Waals surface area contributed by atoms with E-state index in [1.807, 2.05) is 0 Å². The van der Waals surface area contributed by atoms with Crippen LogP contribution in [0.5, 0.6) is 0 Å². The maximum Gasteiger partial charge on any atom is 2.00 e. The quantitative estimate of drug-likeness (QED) is 0.122. The fourth-order valence-electron chi connectivity index (χ4n) is 2.09. The normalized spacial score (nSPS) is 11.2. The Morgan fingerprint density at radius 1 is 0.846 bits per heavy atom. The van der Waals surface area contributed by atoms with Crippen molar-refractivity contribution < 1.29 is 27.4 Å². The molecule has 0 saturated carbocycles. The van der Waals surface area contributed by atoms with Gasteiger partial charge in [0.05, 0.1) is 0 Å². The van der Waals surface area contributed by atoms with Crippen LogP contribution in [0.1, 0.15) is 84.0 Å². The minimum absolute atomic E-state index is 0. The largest absolute Gasteiger partial charge is 2.00 e. The van der Waals surface area contributed by atoms with Crippen LogP contribution in [0.25, 0.3) is 0 Å². The van der Waals surface area contributed by atoms with Crippen LogP contribution < -0.4 is 0 Å². The van der Waals surface area contributed by atoms with Crippen LogP contribution in [-0.4, -0.2) is 77.5 Å². The van der Waals surface area contributed by atoms with E-state index in [1.165, 1.54) is 44.9 Å². The van der Waals surface area contributed by atoms with Crippen molar-refractivity contribution in [2.75, 3.05) is 0 Å². The zero-order valence-corrected chi connectivity index (χ0v) is 21.2. The van der Waals surface area contributed by atoms with Crippen LogP contribution in [0.15, 0.2) is 24.3 Å². The number of hydrogen-bond donors (Lipinski definition) is 1. The third kappa shape index (κ3) is 44.1. The molecule has 0 heterocycles. The first kappa shape index (κ1) is 31.1. The number of carboxylic acid groups (broad SMARTS) is 1. The van der Waals surface area contributed by atoms with E-state index in [4.69, 9.17) is 22.6 Å². The first-order valence-corrected chi connectivity index (χ1v) is 10.3. The van der Waals surface area contributed by atoms with Crippen molar-refractivity contribution in [3.05, 3.63) is 24.3 Å². The van der Waals surface area contributed by atoms with E-state index >= 15 is 0 Å². The molecule has 0 spiro atoms. The van der Waals surface area contributed by atoms with Gasteiger partial charge >= 0.3 is 54.9 Å². The van der Waals surface area contributed by atoms with Crippen molar-refractivity contribution in [2.24, 2.45) is 0 Å². The fraction of sp³-hybridized carbons (Fsp3) is 0.722. The maximum absolute atomic E-state index is 10.3. The van der Waals surface area contributed by atoms with Gasteiger partial charge in [0.15, 0.2) is 0 Å². The smallest absolute Gasteiger partial charge is 0.759 e. The number of rotatable bonds is 14. The van der Waals surface area contributed by atoms with E-state index in [2.05, 4.69) is 31.2 Å². The molecule has 26 heavy (non-hydrogen) atoms. The number of allylic oxidation sites excluding steroid dienone is 4. The Bertz CT molecular complexity index is 452. The molecule has 0 fully saturated rings. The topological polar surface area (TPSA) is 118 Å². The monoisotopic (exact) mass is 514 g/mol. The van der Waals surface area contributed by atoms with Gasteiger partial charge in [-0.05, 0) is 38.5 Å². The van der Waals surface area contributed by atoms with Gasteiger partial charge in [-0.15, -0.1) is 0 Å². The van der Waals surface area contributed by atoms with Gasteiger partial charge in [-0.2, -0.15) is 0 Å². The molecule has 0 aromatic rings. The van der Waals surface area contributed by atoms with Crippen LogP contribution in [0.2, 0.25) is 0 Å². The Morgan fingerprint density at radius 2 is 1.27 bits per heavy atom. The Labute approximate surface area is 199 Å². The van der Waals surface area contributed by atoms with Crippen molar-refractivity contribution >= 4 is 65.2 Å². The zero-order chi connectivity index (χ0) is 19.4. The summed E-state index contributed by atoms with van der Waals surface area (Å²) in [6.45, 7) is 2.23. The van der Waals surface area contributed by atoms with E-state index in [9.17, 15) is 4.79 Å². The van der Waals surface area contributed by atoms with E-state index in [0.29, 0.717) is 6.42 Å². The number of carbonyl (C=O) groups is 1. The third-order valence-electron chi connectivity index (χ3n) is 3.34. The summed E-state index contributed by atoms with van der Waals surface area (Å²) in [5.74, 6) is -0.671. The molecule has 0 atom stereocenters. The molecule has 0 aromatic heterocycles. The van der Waals surface area contributed by atoms with Gasteiger partial charge in [0, 0.05) is 16.8 Å². The van der Waals surface area contributed by atoms with Gasteiger partial charge in [-0.3, -0.25) is 13.2 Å². The third-order valence-corrected chi connectivity index (χ3v) is 3.34. The molecule has 0 aliphatic heterocycles. The second kappa shape index (κ2) is 23.4. The Hall–Kier alpha value is 0.391. The summed E-state index contributed by atoms with van der Waals surface area (Å²) in [7, 11) is -5.17. The standard InChI is InChI=1S/C18H32O2.Ba.H2O4S/c1-2-3-4-5-6-7-8-9-10-11-12-13-14-15-16-17-18(19)20;;1-5(2,3)4/h6-7,9-10H,2-5,8,11-17H2,1H3,(H,19,20);;(H2,1,2,3,4)/q;+2;/p-2/b7-6-,10-9-;;. The molecule has 0 aromatic carbocycles. The van der Waals surface area contributed by atoms with Gasteiger partial charge in [0.1, 0.15) is 0 Å². The second-order valence-corrected chi connectivity index (χ2v) is 6.60. The molecule has 0 bridgehead atoms. The number of hydrogen-bond acceptors (Lipinski definition) is 5. The molecule has 6 nitrogen and oxygen atoms in total. The average Bonchev–Trinajstić information content (AvgIpc) is 2.49. The van der Waals surface area contributed by atoms with Gasteiger partial charge in [0.25, 0.3) is 0 Å².